The van der Waals surface area contributed by atoms with Crippen LogP contribution in [0.15, 0.2) is 46.9 Å². The van der Waals surface area contributed by atoms with Crippen molar-refractivity contribution < 1.29 is 9.53 Å². The topological polar surface area (TPSA) is 26.3 Å². The standard InChI is InChI=1S/C15H10BrClO2/c16-10-3-6-12-13(18)8-14(19-15(12)7-10)9-1-4-11(17)5-2-9/h1-7,14H,8H2. The first-order valence-corrected chi connectivity index (χ1v) is 7.05. The van der Waals surface area contributed by atoms with Crippen molar-refractivity contribution in [2.75, 3.05) is 0 Å². The maximum atomic E-state index is 12.1. The first-order valence-electron chi connectivity index (χ1n) is 5.88. The molecule has 0 saturated heterocycles. The molecule has 3 rings (SSSR count). The van der Waals surface area contributed by atoms with Crippen LogP contribution in [0, 0.1) is 0 Å². The Morgan fingerprint density at radius 2 is 1.89 bits per heavy atom. The maximum Gasteiger partial charge on any atom is 0.170 e. The summed E-state index contributed by atoms with van der Waals surface area (Å²) in [5.41, 5.74) is 1.61. The normalized spacial score (nSPS) is 17.8. The smallest absolute Gasteiger partial charge is 0.170 e. The molecule has 0 bridgehead atoms. The summed E-state index contributed by atoms with van der Waals surface area (Å²) in [5, 5.41) is 0.675. The molecule has 2 aromatic rings. The van der Waals surface area contributed by atoms with Crippen molar-refractivity contribution in [1.29, 1.82) is 0 Å². The molecule has 96 valence electrons. The van der Waals surface area contributed by atoms with Gasteiger partial charge in [-0.25, -0.2) is 0 Å². The minimum Gasteiger partial charge on any atom is -0.484 e. The van der Waals surface area contributed by atoms with Crippen LogP contribution in [0.3, 0.4) is 0 Å². The predicted molar refractivity (Wildman–Crippen MR) is 77.9 cm³/mol. The van der Waals surface area contributed by atoms with Crippen LogP contribution in [0.5, 0.6) is 5.75 Å². The van der Waals surface area contributed by atoms with Crippen LogP contribution in [0.1, 0.15) is 28.4 Å². The molecule has 2 aromatic carbocycles. The Kier molecular flexibility index (Phi) is 3.33. The number of rotatable bonds is 1. The fraction of sp³-hybridized carbons (Fsp3) is 0.133. The highest BCUT2D eigenvalue weighted by atomic mass is 79.9. The number of fused-ring (bicyclic) bond motifs is 1. The third-order valence-electron chi connectivity index (χ3n) is 3.13. The van der Waals surface area contributed by atoms with E-state index in [0.29, 0.717) is 22.8 Å². The summed E-state index contributed by atoms with van der Waals surface area (Å²) >= 11 is 9.25. The van der Waals surface area contributed by atoms with Crippen molar-refractivity contribution in [2.45, 2.75) is 12.5 Å². The Morgan fingerprint density at radius 3 is 2.63 bits per heavy atom. The quantitative estimate of drug-likeness (QED) is 0.746. The highest BCUT2D eigenvalue weighted by Crippen LogP contribution is 2.36. The molecular formula is C15H10BrClO2. The van der Waals surface area contributed by atoms with Crippen LogP contribution in [-0.4, -0.2) is 5.78 Å². The lowest BCUT2D eigenvalue weighted by Gasteiger charge is -2.25. The molecule has 0 aliphatic carbocycles. The van der Waals surface area contributed by atoms with Crippen LogP contribution in [0.4, 0.5) is 0 Å². The molecule has 0 N–H and O–H groups in total. The molecular weight excluding hydrogens is 328 g/mol. The first-order chi connectivity index (χ1) is 9.13. The molecule has 0 spiro atoms. The minimum absolute atomic E-state index is 0.105. The highest BCUT2D eigenvalue weighted by molar-refractivity contribution is 9.10. The number of hydrogen-bond acceptors (Lipinski definition) is 2. The first kappa shape index (κ1) is 12.7. The molecule has 0 radical (unpaired) electrons. The molecule has 1 unspecified atom stereocenters. The number of Topliss-reactive ketones (excluding diaryl/α,β-unsaturated/α-hetero) is 1. The van der Waals surface area contributed by atoms with Gasteiger partial charge in [-0.05, 0) is 35.9 Å². The van der Waals surface area contributed by atoms with E-state index in [4.69, 9.17) is 16.3 Å². The zero-order chi connectivity index (χ0) is 13.4. The van der Waals surface area contributed by atoms with E-state index in [-0.39, 0.29) is 11.9 Å². The van der Waals surface area contributed by atoms with Crippen molar-refractivity contribution in [1.82, 2.24) is 0 Å². The van der Waals surface area contributed by atoms with E-state index in [0.717, 1.165) is 10.0 Å². The summed E-state index contributed by atoms with van der Waals surface area (Å²) in [6.07, 6.45) is 0.113. The van der Waals surface area contributed by atoms with Crippen LogP contribution in [0.2, 0.25) is 5.02 Å². The molecule has 0 saturated carbocycles. The Hall–Kier alpha value is -1.32. The van der Waals surface area contributed by atoms with Crippen LogP contribution in [-0.2, 0) is 0 Å². The predicted octanol–water partition coefficient (Wildman–Crippen LogP) is 4.81. The van der Waals surface area contributed by atoms with Crippen LogP contribution >= 0.6 is 27.5 Å². The van der Waals surface area contributed by atoms with Gasteiger partial charge in [-0.3, -0.25) is 4.79 Å². The fourth-order valence-corrected chi connectivity index (χ4v) is 2.63. The minimum atomic E-state index is -0.244. The molecule has 4 heteroatoms. The largest absolute Gasteiger partial charge is 0.484 e. The van der Waals surface area contributed by atoms with Gasteiger partial charge in [0, 0.05) is 9.50 Å². The number of carbonyl (C=O) groups is 1. The Balaban J connectivity index is 1.96. The van der Waals surface area contributed by atoms with E-state index >= 15 is 0 Å². The second kappa shape index (κ2) is 4.99. The average Bonchev–Trinajstić information content (AvgIpc) is 2.38. The van der Waals surface area contributed by atoms with Crippen LogP contribution in [0.25, 0.3) is 0 Å². The fourth-order valence-electron chi connectivity index (χ4n) is 2.16. The second-order valence-electron chi connectivity index (χ2n) is 4.43. The summed E-state index contributed by atoms with van der Waals surface area (Å²) in [5.74, 6) is 0.735. The lowest BCUT2D eigenvalue weighted by molar-refractivity contribution is 0.0850. The summed E-state index contributed by atoms with van der Waals surface area (Å²) < 4.78 is 6.81. The van der Waals surface area contributed by atoms with E-state index < -0.39 is 0 Å². The van der Waals surface area contributed by atoms with Crippen molar-refractivity contribution in [3.8, 4) is 5.75 Å². The van der Waals surface area contributed by atoms with Gasteiger partial charge in [-0.1, -0.05) is 39.7 Å². The number of benzene rings is 2. The maximum absolute atomic E-state index is 12.1. The van der Waals surface area contributed by atoms with Crippen molar-refractivity contribution in [3.63, 3.8) is 0 Å². The SMILES string of the molecule is O=C1CC(c2ccc(Cl)cc2)Oc2cc(Br)ccc21. The Labute approximate surface area is 124 Å². The molecule has 1 atom stereocenters. The Morgan fingerprint density at radius 1 is 1.16 bits per heavy atom. The summed E-state index contributed by atoms with van der Waals surface area (Å²) in [4.78, 5) is 12.1. The molecule has 1 aliphatic heterocycles. The van der Waals surface area contributed by atoms with E-state index in [9.17, 15) is 4.79 Å². The van der Waals surface area contributed by atoms with E-state index in [1.807, 2.05) is 24.3 Å². The van der Waals surface area contributed by atoms with Gasteiger partial charge in [0.25, 0.3) is 0 Å². The van der Waals surface area contributed by atoms with Gasteiger partial charge in [0.05, 0.1) is 12.0 Å². The van der Waals surface area contributed by atoms with Crippen molar-refractivity contribution in [2.24, 2.45) is 0 Å². The monoisotopic (exact) mass is 336 g/mol. The Bertz CT molecular complexity index is 637. The zero-order valence-corrected chi connectivity index (χ0v) is 12.2. The molecule has 0 fully saturated rings. The van der Waals surface area contributed by atoms with Gasteiger partial charge in [0.1, 0.15) is 11.9 Å². The zero-order valence-electron chi connectivity index (χ0n) is 9.90. The van der Waals surface area contributed by atoms with Gasteiger partial charge in [0.2, 0.25) is 0 Å². The number of halogens is 2. The molecule has 2 nitrogen and oxygen atoms in total. The molecule has 1 aliphatic rings. The number of ketones is 1. The van der Waals surface area contributed by atoms with Gasteiger partial charge in [0.15, 0.2) is 5.78 Å². The number of ether oxygens (including phenoxy) is 1. The van der Waals surface area contributed by atoms with Crippen molar-refractivity contribution >= 4 is 33.3 Å². The average molecular weight is 338 g/mol. The number of carbonyl (C=O) groups excluding carboxylic acids is 1. The summed E-state index contributed by atoms with van der Waals surface area (Å²) in [7, 11) is 0. The van der Waals surface area contributed by atoms with Gasteiger partial charge in [-0.15, -0.1) is 0 Å². The molecule has 0 aromatic heterocycles. The van der Waals surface area contributed by atoms with E-state index in [1.54, 1.807) is 18.2 Å². The van der Waals surface area contributed by atoms with Crippen LogP contribution < -0.4 is 4.74 Å². The third kappa shape index (κ3) is 2.53. The highest BCUT2D eigenvalue weighted by Gasteiger charge is 2.27. The lowest BCUT2D eigenvalue weighted by Crippen LogP contribution is -2.20. The molecule has 0 amide bonds. The van der Waals surface area contributed by atoms with E-state index in [2.05, 4.69) is 15.9 Å². The van der Waals surface area contributed by atoms with Gasteiger partial charge < -0.3 is 4.74 Å². The van der Waals surface area contributed by atoms with Gasteiger partial charge in [-0.2, -0.15) is 0 Å². The number of hydrogen-bond donors (Lipinski definition) is 0. The summed E-state index contributed by atoms with van der Waals surface area (Å²) in [6.45, 7) is 0. The van der Waals surface area contributed by atoms with Gasteiger partial charge >= 0.3 is 0 Å². The summed E-state index contributed by atoms with van der Waals surface area (Å²) in [6, 6.07) is 12.9. The second-order valence-corrected chi connectivity index (χ2v) is 5.78. The molecule has 19 heavy (non-hydrogen) atoms. The van der Waals surface area contributed by atoms with E-state index in [1.165, 1.54) is 0 Å². The molecule has 1 heterocycles. The van der Waals surface area contributed by atoms with Crippen molar-refractivity contribution in [3.05, 3.63) is 63.1 Å². The third-order valence-corrected chi connectivity index (χ3v) is 3.87. The lowest BCUT2D eigenvalue weighted by atomic mass is 9.96.